The normalized spacial score (nSPS) is 15.8. The summed E-state index contributed by atoms with van der Waals surface area (Å²) in [5.74, 6) is 0.238. The summed E-state index contributed by atoms with van der Waals surface area (Å²) in [6, 6.07) is 7.76. The van der Waals surface area contributed by atoms with Gasteiger partial charge in [0.15, 0.2) is 5.78 Å². The van der Waals surface area contributed by atoms with Crippen molar-refractivity contribution < 1.29 is 9.90 Å². The molecule has 1 N–H and O–H groups in total. The first-order valence-corrected chi connectivity index (χ1v) is 5.81. The van der Waals surface area contributed by atoms with E-state index in [1.165, 1.54) is 0 Å². The third-order valence-electron chi connectivity index (χ3n) is 2.96. The Hall–Kier alpha value is -1.35. The van der Waals surface area contributed by atoms with Gasteiger partial charge >= 0.3 is 0 Å². The quantitative estimate of drug-likeness (QED) is 0.843. The van der Waals surface area contributed by atoms with Crippen LogP contribution in [0.2, 0.25) is 0 Å². The molecule has 0 unspecified atom stereocenters. The van der Waals surface area contributed by atoms with Crippen molar-refractivity contribution in [2.24, 2.45) is 0 Å². The zero-order valence-electron chi connectivity index (χ0n) is 9.35. The second-order valence-corrected chi connectivity index (χ2v) is 4.11. The number of Topliss-reactive ketones (excluding diaryl/α,β-unsaturated/α-hetero) is 1. The highest BCUT2D eigenvalue weighted by atomic mass is 16.3. The zero-order valence-corrected chi connectivity index (χ0v) is 9.35. The third-order valence-corrected chi connectivity index (χ3v) is 2.96. The van der Waals surface area contributed by atoms with Gasteiger partial charge in [0.1, 0.15) is 0 Å². The van der Waals surface area contributed by atoms with E-state index in [0.717, 1.165) is 37.2 Å². The SMILES string of the molecule is O=C1CCCN(CCCO)c2ccccc21. The van der Waals surface area contributed by atoms with Crippen molar-refractivity contribution in [1.82, 2.24) is 0 Å². The molecule has 0 spiro atoms. The summed E-state index contributed by atoms with van der Waals surface area (Å²) in [5, 5.41) is 8.87. The molecule has 1 aromatic carbocycles. The Balaban J connectivity index is 2.27. The van der Waals surface area contributed by atoms with Crippen LogP contribution in [0.4, 0.5) is 5.69 Å². The average molecular weight is 219 g/mol. The molecular formula is C13H17NO2. The van der Waals surface area contributed by atoms with E-state index < -0.39 is 0 Å². The molecule has 0 fully saturated rings. The number of rotatable bonds is 3. The van der Waals surface area contributed by atoms with E-state index in [4.69, 9.17) is 5.11 Å². The maximum Gasteiger partial charge on any atom is 0.165 e. The third kappa shape index (κ3) is 2.25. The van der Waals surface area contributed by atoms with E-state index >= 15 is 0 Å². The maximum atomic E-state index is 11.8. The van der Waals surface area contributed by atoms with Gasteiger partial charge in [-0.1, -0.05) is 12.1 Å². The van der Waals surface area contributed by atoms with Crippen molar-refractivity contribution in [3.05, 3.63) is 29.8 Å². The summed E-state index contributed by atoms with van der Waals surface area (Å²) >= 11 is 0. The van der Waals surface area contributed by atoms with Gasteiger partial charge in [0.2, 0.25) is 0 Å². The van der Waals surface area contributed by atoms with Crippen LogP contribution >= 0.6 is 0 Å². The molecule has 3 heteroatoms. The van der Waals surface area contributed by atoms with Crippen LogP contribution in [-0.4, -0.2) is 30.6 Å². The first-order chi connectivity index (χ1) is 7.83. The summed E-state index contributed by atoms with van der Waals surface area (Å²) in [5.41, 5.74) is 1.86. The van der Waals surface area contributed by atoms with Crippen LogP contribution in [0, 0.1) is 0 Å². The van der Waals surface area contributed by atoms with Crippen molar-refractivity contribution in [3.8, 4) is 0 Å². The lowest BCUT2D eigenvalue weighted by atomic mass is 10.1. The number of nitrogens with zero attached hydrogens (tertiary/aromatic N) is 1. The Morgan fingerprint density at radius 2 is 2.12 bits per heavy atom. The standard InChI is InChI=1S/C13H17NO2/c15-10-4-9-14-8-3-7-13(16)11-5-1-2-6-12(11)14/h1-2,5-6,15H,3-4,7-10H2. The van der Waals surface area contributed by atoms with Gasteiger partial charge in [-0.05, 0) is 25.0 Å². The van der Waals surface area contributed by atoms with Gasteiger partial charge in [0.05, 0.1) is 0 Å². The summed E-state index contributed by atoms with van der Waals surface area (Å²) in [6.45, 7) is 1.93. The molecule has 86 valence electrons. The maximum absolute atomic E-state index is 11.8. The number of aliphatic hydroxyl groups is 1. The number of para-hydroxylation sites is 1. The number of benzene rings is 1. The molecule has 0 amide bonds. The summed E-state index contributed by atoms with van der Waals surface area (Å²) in [4.78, 5) is 14.1. The molecule has 1 heterocycles. The van der Waals surface area contributed by atoms with Crippen molar-refractivity contribution in [1.29, 1.82) is 0 Å². The average Bonchev–Trinajstić information content (AvgIpc) is 2.47. The van der Waals surface area contributed by atoms with Crippen molar-refractivity contribution in [2.45, 2.75) is 19.3 Å². The Labute approximate surface area is 95.7 Å². The highest BCUT2D eigenvalue weighted by molar-refractivity contribution is 6.01. The minimum atomic E-state index is 0.201. The number of carbonyl (C=O) groups excluding carboxylic acids is 1. The highest BCUT2D eigenvalue weighted by Crippen LogP contribution is 2.25. The van der Waals surface area contributed by atoms with Gasteiger partial charge in [-0.15, -0.1) is 0 Å². The molecule has 3 nitrogen and oxygen atoms in total. The smallest absolute Gasteiger partial charge is 0.165 e. The number of anilines is 1. The van der Waals surface area contributed by atoms with Gasteiger partial charge in [0, 0.05) is 37.4 Å². The minimum Gasteiger partial charge on any atom is -0.396 e. The fourth-order valence-corrected chi connectivity index (χ4v) is 2.16. The monoisotopic (exact) mass is 219 g/mol. The Kier molecular flexibility index (Phi) is 3.57. The second-order valence-electron chi connectivity index (χ2n) is 4.11. The van der Waals surface area contributed by atoms with Crippen LogP contribution in [-0.2, 0) is 0 Å². The lowest BCUT2D eigenvalue weighted by Gasteiger charge is -2.24. The topological polar surface area (TPSA) is 40.5 Å². The molecule has 16 heavy (non-hydrogen) atoms. The minimum absolute atomic E-state index is 0.201. The van der Waals surface area contributed by atoms with E-state index in [1.807, 2.05) is 24.3 Å². The van der Waals surface area contributed by atoms with Crippen LogP contribution in [0.1, 0.15) is 29.6 Å². The molecular weight excluding hydrogens is 202 g/mol. The molecule has 0 atom stereocenters. The van der Waals surface area contributed by atoms with Gasteiger partial charge in [-0.2, -0.15) is 0 Å². The second kappa shape index (κ2) is 5.12. The lowest BCUT2D eigenvalue weighted by molar-refractivity contribution is 0.0984. The van der Waals surface area contributed by atoms with Gasteiger partial charge < -0.3 is 10.0 Å². The molecule has 0 bridgehead atoms. The summed E-state index contributed by atoms with van der Waals surface area (Å²) < 4.78 is 0. The van der Waals surface area contributed by atoms with Gasteiger partial charge in [-0.3, -0.25) is 4.79 Å². The zero-order chi connectivity index (χ0) is 11.4. The van der Waals surface area contributed by atoms with Crippen molar-refractivity contribution in [2.75, 3.05) is 24.6 Å². The fourth-order valence-electron chi connectivity index (χ4n) is 2.16. The first kappa shape index (κ1) is 11.1. The van der Waals surface area contributed by atoms with E-state index in [0.29, 0.717) is 6.42 Å². The molecule has 1 aromatic rings. The van der Waals surface area contributed by atoms with Gasteiger partial charge in [0.25, 0.3) is 0 Å². The lowest BCUT2D eigenvalue weighted by Crippen LogP contribution is -2.25. The predicted molar refractivity (Wildman–Crippen MR) is 63.9 cm³/mol. The number of fused-ring (bicyclic) bond motifs is 1. The number of carbonyl (C=O) groups is 1. The molecule has 0 saturated heterocycles. The van der Waals surface area contributed by atoms with Crippen LogP contribution in [0.25, 0.3) is 0 Å². The molecule has 0 aromatic heterocycles. The Morgan fingerprint density at radius 1 is 1.31 bits per heavy atom. The fraction of sp³-hybridized carbons (Fsp3) is 0.462. The van der Waals surface area contributed by atoms with Crippen LogP contribution in [0.3, 0.4) is 0 Å². The molecule has 1 aliphatic rings. The largest absolute Gasteiger partial charge is 0.396 e. The summed E-state index contributed by atoms with van der Waals surface area (Å²) in [7, 11) is 0. The van der Waals surface area contributed by atoms with Crippen molar-refractivity contribution in [3.63, 3.8) is 0 Å². The molecule has 0 aliphatic carbocycles. The van der Waals surface area contributed by atoms with Gasteiger partial charge in [-0.25, -0.2) is 0 Å². The van der Waals surface area contributed by atoms with Crippen molar-refractivity contribution >= 4 is 11.5 Å². The molecule has 2 rings (SSSR count). The van der Waals surface area contributed by atoms with E-state index in [1.54, 1.807) is 0 Å². The molecule has 0 radical (unpaired) electrons. The Bertz CT molecular complexity index is 376. The first-order valence-electron chi connectivity index (χ1n) is 5.81. The number of hydrogen-bond donors (Lipinski definition) is 1. The highest BCUT2D eigenvalue weighted by Gasteiger charge is 2.19. The number of ketones is 1. The molecule has 0 saturated carbocycles. The van der Waals surface area contributed by atoms with Crippen LogP contribution in [0.5, 0.6) is 0 Å². The van der Waals surface area contributed by atoms with E-state index in [2.05, 4.69) is 4.90 Å². The molecule has 1 aliphatic heterocycles. The number of hydrogen-bond acceptors (Lipinski definition) is 3. The van der Waals surface area contributed by atoms with E-state index in [9.17, 15) is 4.79 Å². The summed E-state index contributed by atoms with van der Waals surface area (Å²) in [6.07, 6.45) is 2.29. The Morgan fingerprint density at radius 3 is 2.94 bits per heavy atom. The van der Waals surface area contributed by atoms with Crippen LogP contribution < -0.4 is 4.90 Å². The number of aliphatic hydroxyl groups excluding tert-OH is 1. The van der Waals surface area contributed by atoms with Crippen LogP contribution in [0.15, 0.2) is 24.3 Å². The predicted octanol–water partition coefficient (Wildman–Crippen LogP) is 1.85. The van der Waals surface area contributed by atoms with E-state index in [-0.39, 0.29) is 12.4 Å².